The van der Waals surface area contributed by atoms with Gasteiger partial charge >= 0.3 is 0 Å². The Bertz CT molecular complexity index is 323. The van der Waals surface area contributed by atoms with Crippen LogP contribution < -0.4 is 5.73 Å². The number of rotatable bonds is 5. The Morgan fingerprint density at radius 1 is 1.38 bits per heavy atom. The summed E-state index contributed by atoms with van der Waals surface area (Å²) in [5.74, 6) is 2.18. The maximum atomic E-state index is 5.62. The lowest BCUT2D eigenvalue weighted by atomic mass is 10.1. The normalized spacial score (nSPS) is 20.2. The first kappa shape index (κ1) is 12.0. The fourth-order valence-electron chi connectivity index (χ4n) is 1.93. The molecule has 0 aliphatic carbocycles. The van der Waals surface area contributed by atoms with Crippen LogP contribution in [-0.2, 0) is 17.0 Å². The molecule has 2 nitrogen and oxygen atoms in total. The van der Waals surface area contributed by atoms with Gasteiger partial charge in [-0.25, -0.2) is 0 Å². The highest BCUT2D eigenvalue weighted by atomic mass is 32.2. The Kier molecular flexibility index (Phi) is 4.69. The van der Waals surface area contributed by atoms with Crippen LogP contribution in [0.2, 0.25) is 0 Å². The van der Waals surface area contributed by atoms with E-state index in [1.807, 2.05) is 11.8 Å². The maximum absolute atomic E-state index is 5.62. The van der Waals surface area contributed by atoms with Gasteiger partial charge in [0.25, 0.3) is 0 Å². The van der Waals surface area contributed by atoms with Crippen LogP contribution in [0.25, 0.3) is 0 Å². The van der Waals surface area contributed by atoms with Crippen molar-refractivity contribution in [3.05, 3.63) is 35.4 Å². The largest absolute Gasteiger partial charge is 0.377 e. The van der Waals surface area contributed by atoms with Gasteiger partial charge in [0, 0.05) is 24.7 Å². The highest BCUT2D eigenvalue weighted by molar-refractivity contribution is 7.98. The molecule has 88 valence electrons. The van der Waals surface area contributed by atoms with E-state index in [0.717, 1.165) is 18.1 Å². The van der Waals surface area contributed by atoms with Gasteiger partial charge in [-0.05, 0) is 24.0 Å². The Labute approximate surface area is 102 Å². The summed E-state index contributed by atoms with van der Waals surface area (Å²) < 4.78 is 5.59. The third-order valence-electron chi connectivity index (χ3n) is 2.82. The minimum absolute atomic E-state index is 0.489. The molecule has 2 N–H and O–H groups in total. The first-order valence-electron chi connectivity index (χ1n) is 5.85. The average Bonchev–Trinajstić information content (AvgIpc) is 2.82. The van der Waals surface area contributed by atoms with Crippen molar-refractivity contribution >= 4 is 11.8 Å². The van der Waals surface area contributed by atoms with E-state index in [9.17, 15) is 0 Å². The van der Waals surface area contributed by atoms with E-state index < -0.39 is 0 Å². The highest BCUT2D eigenvalue weighted by Gasteiger charge is 2.14. The van der Waals surface area contributed by atoms with E-state index in [1.54, 1.807) is 0 Å². The van der Waals surface area contributed by atoms with Gasteiger partial charge < -0.3 is 10.5 Å². The average molecular weight is 237 g/mol. The van der Waals surface area contributed by atoms with Crippen LogP contribution in [0.5, 0.6) is 0 Å². The number of nitrogens with two attached hydrogens (primary N) is 1. The van der Waals surface area contributed by atoms with Crippen LogP contribution in [0.4, 0.5) is 0 Å². The van der Waals surface area contributed by atoms with Gasteiger partial charge in [-0.1, -0.05) is 24.3 Å². The van der Waals surface area contributed by atoms with E-state index in [0.29, 0.717) is 12.6 Å². The van der Waals surface area contributed by atoms with Crippen LogP contribution in [0.15, 0.2) is 24.3 Å². The molecular weight excluding hydrogens is 218 g/mol. The second-order valence-corrected chi connectivity index (χ2v) is 5.20. The molecule has 1 atom stereocenters. The molecule has 0 radical (unpaired) electrons. The van der Waals surface area contributed by atoms with Crippen molar-refractivity contribution < 1.29 is 4.74 Å². The Morgan fingerprint density at radius 2 is 2.25 bits per heavy atom. The van der Waals surface area contributed by atoms with Crippen molar-refractivity contribution in [1.29, 1.82) is 0 Å². The molecule has 2 rings (SSSR count). The number of thioether (sulfide) groups is 1. The fourth-order valence-corrected chi connectivity index (χ4v) is 2.99. The quantitative estimate of drug-likeness (QED) is 0.855. The molecule has 1 aromatic carbocycles. The van der Waals surface area contributed by atoms with E-state index in [2.05, 4.69) is 24.3 Å². The number of hydrogen-bond donors (Lipinski definition) is 1. The zero-order valence-electron chi connectivity index (χ0n) is 9.52. The molecular formula is C13H19NOS. The number of benzene rings is 1. The summed E-state index contributed by atoms with van der Waals surface area (Å²) in [4.78, 5) is 0. The lowest BCUT2D eigenvalue weighted by Gasteiger charge is -2.09. The van der Waals surface area contributed by atoms with Gasteiger partial charge in [-0.3, -0.25) is 0 Å². The minimum Gasteiger partial charge on any atom is -0.377 e. The first-order chi connectivity index (χ1) is 7.88. The molecule has 0 aromatic heterocycles. The van der Waals surface area contributed by atoms with Crippen molar-refractivity contribution in [2.75, 3.05) is 12.4 Å². The van der Waals surface area contributed by atoms with Gasteiger partial charge in [0.05, 0.1) is 6.10 Å². The number of hydrogen-bond acceptors (Lipinski definition) is 3. The molecule has 0 bridgehead atoms. The van der Waals surface area contributed by atoms with Crippen molar-refractivity contribution in [2.24, 2.45) is 5.73 Å². The first-order valence-corrected chi connectivity index (χ1v) is 7.01. The fraction of sp³-hybridized carbons (Fsp3) is 0.538. The van der Waals surface area contributed by atoms with Crippen LogP contribution >= 0.6 is 11.8 Å². The summed E-state index contributed by atoms with van der Waals surface area (Å²) in [7, 11) is 0. The Hall–Kier alpha value is -0.510. The molecule has 1 fully saturated rings. The number of ether oxygens (including phenoxy) is 1. The summed E-state index contributed by atoms with van der Waals surface area (Å²) in [5.41, 5.74) is 8.20. The molecule has 1 unspecified atom stereocenters. The third kappa shape index (κ3) is 3.51. The van der Waals surface area contributed by atoms with Crippen molar-refractivity contribution in [3.63, 3.8) is 0 Å². The zero-order valence-corrected chi connectivity index (χ0v) is 10.3. The standard InChI is InChI=1S/C13H19NOS/c14-8-11-3-1-4-12(7-11)9-16-10-13-5-2-6-15-13/h1,3-4,7,13H,2,5-6,8-10,14H2. The third-order valence-corrected chi connectivity index (χ3v) is 3.97. The smallest absolute Gasteiger partial charge is 0.0666 e. The SMILES string of the molecule is NCc1cccc(CSCC2CCCO2)c1. The summed E-state index contributed by atoms with van der Waals surface area (Å²) in [6.45, 7) is 1.58. The van der Waals surface area contributed by atoms with Crippen molar-refractivity contribution in [3.8, 4) is 0 Å². The van der Waals surface area contributed by atoms with Crippen LogP contribution in [0.3, 0.4) is 0 Å². The van der Waals surface area contributed by atoms with Crippen LogP contribution in [-0.4, -0.2) is 18.5 Å². The minimum atomic E-state index is 0.489. The Balaban J connectivity index is 1.75. The molecule has 1 saturated heterocycles. The van der Waals surface area contributed by atoms with Crippen LogP contribution in [0.1, 0.15) is 24.0 Å². The lowest BCUT2D eigenvalue weighted by molar-refractivity contribution is 0.129. The molecule has 0 saturated carbocycles. The van der Waals surface area contributed by atoms with Crippen molar-refractivity contribution in [1.82, 2.24) is 0 Å². The zero-order chi connectivity index (χ0) is 11.2. The molecule has 1 aliphatic heterocycles. The topological polar surface area (TPSA) is 35.2 Å². The Morgan fingerprint density at radius 3 is 3.00 bits per heavy atom. The predicted molar refractivity (Wildman–Crippen MR) is 69.5 cm³/mol. The summed E-state index contributed by atoms with van der Waals surface area (Å²) in [6, 6.07) is 8.53. The molecule has 0 amide bonds. The van der Waals surface area contributed by atoms with Gasteiger partial charge in [0.1, 0.15) is 0 Å². The van der Waals surface area contributed by atoms with Gasteiger partial charge in [-0.15, -0.1) is 0 Å². The molecule has 0 spiro atoms. The lowest BCUT2D eigenvalue weighted by Crippen LogP contribution is -2.08. The summed E-state index contributed by atoms with van der Waals surface area (Å²) >= 11 is 1.96. The van der Waals surface area contributed by atoms with E-state index in [4.69, 9.17) is 10.5 Å². The predicted octanol–water partition coefficient (Wildman–Crippen LogP) is 2.56. The van der Waals surface area contributed by atoms with Gasteiger partial charge in [0.2, 0.25) is 0 Å². The highest BCUT2D eigenvalue weighted by Crippen LogP contribution is 2.20. The summed E-state index contributed by atoms with van der Waals surface area (Å²) in [6.07, 6.45) is 2.95. The monoisotopic (exact) mass is 237 g/mol. The van der Waals surface area contributed by atoms with Gasteiger partial charge in [-0.2, -0.15) is 11.8 Å². The molecule has 1 aliphatic rings. The van der Waals surface area contributed by atoms with E-state index in [-0.39, 0.29) is 0 Å². The molecule has 1 aromatic rings. The summed E-state index contributed by atoms with van der Waals surface area (Å²) in [5, 5.41) is 0. The molecule has 1 heterocycles. The van der Waals surface area contributed by atoms with Crippen LogP contribution in [0, 0.1) is 0 Å². The second kappa shape index (κ2) is 6.28. The maximum Gasteiger partial charge on any atom is 0.0666 e. The molecule has 16 heavy (non-hydrogen) atoms. The second-order valence-electron chi connectivity index (χ2n) is 4.17. The van der Waals surface area contributed by atoms with E-state index >= 15 is 0 Å². The van der Waals surface area contributed by atoms with Gasteiger partial charge in [0.15, 0.2) is 0 Å². The molecule has 3 heteroatoms. The van der Waals surface area contributed by atoms with E-state index in [1.165, 1.54) is 24.0 Å². The van der Waals surface area contributed by atoms with Crippen molar-refractivity contribution in [2.45, 2.75) is 31.2 Å².